The van der Waals surface area contributed by atoms with E-state index >= 15 is 0 Å². The summed E-state index contributed by atoms with van der Waals surface area (Å²) in [6, 6.07) is 18.6. The summed E-state index contributed by atoms with van der Waals surface area (Å²) in [6.07, 6.45) is 1.60. The van der Waals surface area contributed by atoms with Gasteiger partial charge in [-0.05, 0) is 107 Å². The quantitative estimate of drug-likeness (QED) is 0.212. The summed E-state index contributed by atoms with van der Waals surface area (Å²) >= 11 is 2.89. The van der Waals surface area contributed by atoms with Crippen LogP contribution in [0.3, 0.4) is 0 Å². The van der Waals surface area contributed by atoms with Crippen LogP contribution in [-0.2, 0) is 16.2 Å². The number of hydrogen-bond donors (Lipinski definition) is 2. The van der Waals surface area contributed by atoms with Crippen LogP contribution >= 0.6 is 34.4 Å². The molecule has 3 aromatic carbocycles. The Kier molecular flexibility index (Phi) is 9.25. The molecule has 1 heterocycles. The number of nitrogens with zero attached hydrogens (tertiary/aromatic N) is 1. The monoisotopic (exact) mass is 658 g/mol. The van der Waals surface area contributed by atoms with Crippen molar-refractivity contribution < 1.29 is 33.8 Å². The van der Waals surface area contributed by atoms with E-state index in [1.807, 2.05) is 13.0 Å². The maximum atomic E-state index is 12.9. The number of carboxylic acid groups (broad SMARTS) is 1. The van der Waals surface area contributed by atoms with Crippen molar-refractivity contribution in [1.29, 1.82) is 0 Å². The highest BCUT2D eigenvalue weighted by Gasteiger charge is 2.36. The van der Waals surface area contributed by atoms with Gasteiger partial charge in [-0.15, -0.1) is 0 Å². The summed E-state index contributed by atoms with van der Waals surface area (Å²) in [4.78, 5) is 49.9. The zero-order valence-electron chi connectivity index (χ0n) is 20.7. The van der Waals surface area contributed by atoms with Crippen LogP contribution in [-0.4, -0.2) is 46.2 Å². The first-order valence-electron chi connectivity index (χ1n) is 11.8. The van der Waals surface area contributed by atoms with Crippen LogP contribution < -0.4 is 14.8 Å². The Balaban J connectivity index is 1.35. The number of benzene rings is 3. The van der Waals surface area contributed by atoms with Crippen LogP contribution in [0.2, 0.25) is 0 Å². The number of amides is 3. The summed E-state index contributed by atoms with van der Waals surface area (Å²) in [7, 11) is 0. The first kappa shape index (κ1) is 28.2. The highest BCUT2D eigenvalue weighted by atomic mass is 127. The third-order valence-corrected chi connectivity index (χ3v) is 7.22. The molecule has 4 rings (SSSR count). The van der Waals surface area contributed by atoms with Gasteiger partial charge in [0.15, 0.2) is 0 Å². The van der Waals surface area contributed by atoms with Crippen molar-refractivity contribution in [3.8, 4) is 11.5 Å². The molecule has 0 aromatic heterocycles. The molecule has 0 saturated carbocycles. The highest BCUT2D eigenvalue weighted by Crippen LogP contribution is 2.33. The Morgan fingerprint density at radius 2 is 1.74 bits per heavy atom. The molecule has 0 atom stereocenters. The number of hydrogen-bond acceptors (Lipinski definition) is 7. The van der Waals surface area contributed by atoms with Gasteiger partial charge < -0.3 is 19.9 Å². The average Bonchev–Trinajstić information content (AvgIpc) is 3.17. The Morgan fingerprint density at radius 1 is 1.03 bits per heavy atom. The fourth-order valence-corrected chi connectivity index (χ4v) is 5.09. The molecule has 9 nitrogen and oxygen atoms in total. The summed E-state index contributed by atoms with van der Waals surface area (Å²) in [6.45, 7) is 2.27. The number of thioether (sulfide) groups is 1. The predicted octanol–water partition coefficient (Wildman–Crippen LogP) is 5.64. The number of aromatic carboxylic acids is 1. The number of rotatable bonds is 10. The topological polar surface area (TPSA) is 122 Å². The van der Waals surface area contributed by atoms with Gasteiger partial charge in [0.1, 0.15) is 24.7 Å². The van der Waals surface area contributed by atoms with Crippen LogP contribution in [0, 0.1) is 3.57 Å². The summed E-state index contributed by atoms with van der Waals surface area (Å²) < 4.78 is 12.0. The van der Waals surface area contributed by atoms with E-state index in [4.69, 9.17) is 14.6 Å². The Morgan fingerprint density at radius 3 is 2.38 bits per heavy atom. The van der Waals surface area contributed by atoms with Crippen molar-refractivity contribution in [2.75, 3.05) is 18.5 Å². The SMILES string of the molecule is CCOc1ccc(NC(=O)CN2C(=O)S/C(=C/c3ccc(OCc4ccc(C(=O)O)cc4)c(I)c3)C2=O)cc1. The highest BCUT2D eigenvalue weighted by molar-refractivity contribution is 14.1. The van der Waals surface area contributed by atoms with Crippen molar-refractivity contribution >= 4 is 69.1 Å². The predicted molar refractivity (Wildman–Crippen MR) is 156 cm³/mol. The van der Waals surface area contributed by atoms with Gasteiger partial charge in [-0.3, -0.25) is 19.3 Å². The molecule has 3 aromatic rings. The number of nitrogens with one attached hydrogen (secondary N) is 1. The summed E-state index contributed by atoms with van der Waals surface area (Å²) in [5.41, 5.74) is 2.25. The van der Waals surface area contributed by atoms with Crippen LogP contribution in [0.1, 0.15) is 28.4 Å². The maximum absolute atomic E-state index is 12.9. The van der Waals surface area contributed by atoms with E-state index in [2.05, 4.69) is 27.9 Å². The van der Waals surface area contributed by atoms with Crippen LogP contribution in [0.5, 0.6) is 11.5 Å². The fraction of sp³-hybridized carbons (Fsp3) is 0.143. The fourth-order valence-electron chi connectivity index (χ4n) is 3.56. The second-order valence-corrected chi connectivity index (χ2v) is 10.4. The summed E-state index contributed by atoms with van der Waals surface area (Å²) in [5, 5.41) is 11.2. The van der Waals surface area contributed by atoms with Crippen molar-refractivity contribution in [2.24, 2.45) is 0 Å². The zero-order valence-corrected chi connectivity index (χ0v) is 23.7. The molecule has 1 fully saturated rings. The molecule has 0 radical (unpaired) electrons. The van der Waals surface area contributed by atoms with Crippen molar-refractivity contribution in [3.05, 3.63) is 91.9 Å². The molecule has 11 heteroatoms. The third kappa shape index (κ3) is 7.39. The van der Waals surface area contributed by atoms with Crippen molar-refractivity contribution in [3.63, 3.8) is 0 Å². The molecular formula is C28H23IN2O7S. The third-order valence-electron chi connectivity index (χ3n) is 5.47. The van der Waals surface area contributed by atoms with E-state index < -0.39 is 29.6 Å². The Labute approximate surface area is 242 Å². The molecule has 39 heavy (non-hydrogen) atoms. The lowest BCUT2D eigenvalue weighted by Gasteiger charge is -2.13. The largest absolute Gasteiger partial charge is 0.494 e. The van der Waals surface area contributed by atoms with Crippen molar-refractivity contribution in [1.82, 2.24) is 4.90 Å². The lowest BCUT2D eigenvalue weighted by Crippen LogP contribution is -2.36. The van der Waals surface area contributed by atoms with Crippen LogP contribution in [0.25, 0.3) is 6.08 Å². The van der Waals surface area contributed by atoms with E-state index in [0.717, 1.165) is 25.8 Å². The van der Waals surface area contributed by atoms with E-state index in [0.29, 0.717) is 29.4 Å². The standard InChI is InChI=1S/C28H23IN2O7S/c1-2-37-21-10-8-20(9-11-21)30-25(32)15-31-26(33)24(39-28(31)36)14-18-5-12-23(22(29)13-18)38-16-17-3-6-19(7-4-17)27(34)35/h3-14H,2,15-16H2,1H3,(H,30,32)(H,34,35)/b24-14+. The Bertz CT molecular complexity index is 1440. The molecule has 0 unspecified atom stereocenters. The minimum absolute atomic E-state index is 0.204. The molecule has 0 spiro atoms. The van der Waals surface area contributed by atoms with Gasteiger partial charge >= 0.3 is 5.97 Å². The number of imide groups is 1. The van der Waals surface area contributed by atoms with Crippen LogP contribution in [0.4, 0.5) is 10.5 Å². The van der Waals surface area contributed by atoms with Gasteiger partial charge in [0.05, 0.1) is 20.6 Å². The molecule has 1 saturated heterocycles. The molecule has 1 aliphatic rings. The number of ether oxygens (including phenoxy) is 2. The second-order valence-electron chi connectivity index (χ2n) is 8.25. The maximum Gasteiger partial charge on any atom is 0.335 e. The van der Waals surface area contributed by atoms with Gasteiger partial charge in [0.25, 0.3) is 11.1 Å². The first-order chi connectivity index (χ1) is 18.7. The van der Waals surface area contributed by atoms with Gasteiger partial charge in [-0.25, -0.2) is 4.79 Å². The lowest BCUT2D eigenvalue weighted by molar-refractivity contribution is -0.127. The van der Waals surface area contributed by atoms with E-state index in [9.17, 15) is 19.2 Å². The Hall–Kier alpha value is -3.84. The molecule has 1 aliphatic heterocycles. The number of carbonyl (C=O) groups excluding carboxylic acids is 3. The van der Waals surface area contributed by atoms with Gasteiger partial charge in [-0.1, -0.05) is 18.2 Å². The molecule has 0 bridgehead atoms. The molecule has 200 valence electrons. The molecule has 2 N–H and O–H groups in total. The molecule has 3 amide bonds. The van der Waals surface area contributed by atoms with Gasteiger partial charge in [0.2, 0.25) is 5.91 Å². The lowest BCUT2D eigenvalue weighted by atomic mass is 10.1. The molecule has 0 aliphatic carbocycles. The smallest absolute Gasteiger partial charge is 0.335 e. The number of halogens is 1. The first-order valence-corrected chi connectivity index (χ1v) is 13.7. The normalized spacial score (nSPS) is 14.0. The average molecular weight is 658 g/mol. The minimum Gasteiger partial charge on any atom is -0.494 e. The van der Waals surface area contributed by atoms with E-state index in [-0.39, 0.29) is 17.1 Å². The van der Waals surface area contributed by atoms with Crippen LogP contribution in [0.15, 0.2) is 71.6 Å². The van der Waals surface area contributed by atoms with E-state index in [1.165, 1.54) is 12.1 Å². The van der Waals surface area contributed by atoms with Gasteiger partial charge in [0, 0.05) is 5.69 Å². The zero-order chi connectivity index (χ0) is 27.9. The second kappa shape index (κ2) is 12.8. The van der Waals surface area contributed by atoms with Gasteiger partial charge in [-0.2, -0.15) is 0 Å². The summed E-state index contributed by atoms with van der Waals surface area (Å²) in [5.74, 6) is -0.719. The minimum atomic E-state index is -0.988. The van der Waals surface area contributed by atoms with E-state index in [1.54, 1.807) is 54.6 Å². The molecular weight excluding hydrogens is 635 g/mol. The number of anilines is 1. The number of carbonyl (C=O) groups is 4. The number of carboxylic acids is 1. The van der Waals surface area contributed by atoms with Crippen molar-refractivity contribution in [2.45, 2.75) is 13.5 Å².